The average Bonchev–Trinajstić information content (AvgIpc) is 3.14. The molecule has 0 spiro atoms. The highest BCUT2D eigenvalue weighted by Gasteiger charge is 2.24. The summed E-state index contributed by atoms with van der Waals surface area (Å²) in [6, 6.07) is 0. The third-order valence-electron chi connectivity index (χ3n) is 4.66. The summed E-state index contributed by atoms with van der Waals surface area (Å²) in [5.74, 6) is 1.12. The smallest absolute Gasteiger partial charge is 0.263 e. The van der Waals surface area contributed by atoms with Crippen LogP contribution in [-0.4, -0.2) is 43.0 Å². The molecule has 1 aliphatic heterocycles. The van der Waals surface area contributed by atoms with Crippen LogP contribution in [0.15, 0.2) is 17.2 Å². The molecule has 2 N–H and O–H groups in total. The van der Waals surface area contributed by atoms with Gasteiger partial charge < -0.3 is 4.90 Å². The summed E-state index contributed by atoms with van der Waals surface area (Å²) < 4.78 is 1.63. The number of aromatic amines is 2. The number of anilines is 1. The van der Waals surface area contributed by atoms with Gasteiger partial charge in [0.15, 0.2) is 5.65 Å². The molecule has 0 bridgehead atoms. The first-order chi connectivity index (χ1) is 11.1. The number of fused-ring (bicyclic) bond motifs is 1. The second-order valence-electron chi connectivity index (χ2n) is 6.12. The lowest BCUT2D eigenvalue weighted by Crippen LogP contribution is -2.35. The Morgan fingerprint density at radius 1 is 1.26 bits per heavy atom. The van der Waals surface area contributed by atoms with E-state index in [4.69, 9.17) is 0 Å². The standard InChI is InChI=1S/C15H19N7O/c1-9-7-16-20-12(9)10-3-5-22(6-4-10)15-18-13-11(14(23)19-15)8-17-21(13)2/h7-8,10H,3-6H2,1-2H3,(H,16,20)(H,18,19,23). The maximum Gasteiger partial charge on any atom is 0.263 e. The van der Waals surface area contributed by atoms with Gasteiger partial charge in [-0.25, -0.2) is 0 Å². The Morgan fingerprint density at radius 2 is 2.04 bits per heavy atom. The van der Waals surface area contributed by atoms with Crippen molar-refractivity contribution >= 4 is 17.0 Å². The molecule has 4 heterocycles. The van der Waals surface area contributed by atoms with E-state index in [1.807, 2.05) is 6.20 Å². The molecule has 0 saturated carbocycles. The van der Waals surface area contributed by atoms with Crippen molar-refractivity contribution in [3.63, 3.8) is 0 Å². The van der Waals surface area contributed by atoms with Gasteiger partial charge in [0.2, 0.25) is 5.95 Å². The van der Waals surface area contributed by atoms with Crippen molar-refractivity contribution in [2.75, 3.05) is 18.0 Å². The average molecular weight is 313 g/mol. The lowest BCUT2D eigenvalue weighted by Gasteiger charge is -2.32. The van der Waals surface area contributed by atoms with Crippen LogP contribution in [0.1, 0.15) is 30.0 Å². The Hall–Kier alpha value is -2.64. The molecule has 23 heavy (non-hydrogen) atoms. The second kappa shape index (κ2) is 5.22. The minimum absolute atomic E-state index is 0.135. The molecular weight excluding hydrogens is 294 g/mol. The maximum absolute atomic E-state index is 12.2. The normalized spacial score (nSPS) is 16.3. The zero-order valence-electron chi connectivity index (χ0n) is 13.2. The summed E-state index contributed by atoms with van der Waals surface area (Å²) in [6.07, 6.45) is 5.45. The van der Waals surface area contributed by atoms with Gasteiger partial charge >= 0.3 is 0 Å². The predicted molar refractivity (Wildman–Crippen MR) is 86.6 cm³/mol. The molecule has 0 amide bonds. The summed E-state index contributed by atoms with van der Waals surface area (Å²) in [4.78, 5) is 21.8. The fraction of sp³-hybridized carbons (Fsp3) is 0.467. The molecule has 0 aromatic carbocycles. The van der Waals surface area contributed by atoms with Crippen LogP contribution in [0.5, 0.6) is 0 Å². The highest BCUT2D eigenvalue weighted by Crippen LogP contribution is 2.29. The number of aromatic nitrogens is 6. The highest BCUT2D eigenvalue weighted by molar-refractivity contribution is 5.74. The van der Waals surface area contributed by atoms with Crippen LogP contribution in [0, 0.1) is 6.92 Å². The quantitative estimate of drug-likeness (QED) is 0.738. The summed E-state index contributed by atoms with van der Waals surface area (Å²) in [7, 11) is 1.80. The zero-order chi connectivity index (χ0) is 16.0. The van der Waals surface area contributed by atoms with E-state index in [9.17, 15) is 4.79 Å². The van der Waals surface area contributed by atoms with Crippen molar-refractivity contribution in [1.29, 1.82) is 0 Å². The van der Waals surface area contributed by atoms with Crippen molar-refractivity contribution in [1.82, 2.24) is 29.9 Å². The van der Waals surface area contributed by atoms with Crippen LogP contribution >= 0.6 is 0 Å². The number of aryl methyl sites for hydroxylation is 2. The SMILES string of the molecule is Cc1cn[nH]c1C1CCN(c2nc3c(cnn3C)c(=O)[nH]2)CC1. The zero-order valence-corrected chi connectivity index (χ0v) is 13.2. The van der Waals surface area contributed by atoms with E-state index in [-0.39, 0.29) is 5.56 Å². The van der Waals surface area contributed by atoms with Crippen LogP contribution in [0.25, 0.3) is 11.0 Å². The fourth-order valence-electron chi connectivity index (χ4n) is 3.32. The molecule has 3 aromatic heterocycles. The fourth-order valence-corrected chi connectivity index (χ4v) is 3.32. The molecule has 0 atom stereocenters. The van der Waals surface area contributed by atoms with Crippen LogP contribution in [-0.2, 0) is 7.05 Å². The Balaban J connectivity index is 1.58. The molecule has 8 heteroatoms. The molecule has 0 radical (unpaired) electrons. The van der Waals surface area contributed by atoms with Crippen molar-refractivity contribution in [2.45, 2.75) is 25.7 Å². The van der Waals surface area contributed by atoms with Gasteiger partial charge in [-0.15, -0.1) is 0 Å². The maximum atomic E-state index is 12.2. The van der Waals surface area contributed by atoms with Gasteiger partial charge in [-0.3, -0.25) is 19.6 Å². The molecule has 0 unspecified atom stereocenters. The third kappa shape index (κ3) is 2.30. The van der Waals surface area contributed by atoms with E-state index < -0.39 is 0 Å². The Kier molecular flexibility index (Phi) is 3.17. The van der Waals surface area contributed by atoms with Crippen LogP contribution < -0.4 is 10.5 Å². The minimum Gasteiger partial charge on any atom is -0.342 e. The minimum atomic E-state index is -0.135. The summed E-state index contributed by atoms with van der Waals surface area (Å²) in [5, 5.41) is 11.9. The summed E-state index contributed by atoms with van der Waals surface area (Å²) >= 11 is 0. The Labute approximate surface area is 132 Å². The van der Waals surface area contributed by atoms with E-state index in [0.29, 0.717) is 22.9 Å². The van der Waals surface area contributed by atoms with E-state index in [2.05, 4.69) is 37.1 Å². The van der Waals surface area contributed by atoms with E-state index >= 15 is 0 Å². The number of nitrogens with one attached hydrogen (secondary N) is 2. The number of hydrogen-bond donors (Lipinski definition) is 2. The second-order valence-corrected chi connectivity index (χ2v) is 6.12. The molecule has 4 rings (SSSR count). The lowest BCUT2D eigenvalue weighted by atomic mass is 9.92. The molecule has 120 valence electrons. The number of rotatable bonds is 2. The molecule has 3 aromatic rings. The van der Waals surface area contributed by atoms with E-state index in [1.165, 1.54) is 11.3 Å². The molecular formula is C15H19N7O. The molecule has 1 aliphatic rings. The number of H-pyrrole nitrogens is 2. The lowest BCUT2D eigenvalue weighted by molar-refractivity contribution is 0.488. The van der Waals surface area contributed by atoms with Crippen LogP contribution in [0.2, 0.25) is 0 Å². The van der Waals surface area contributed by atoms with Gasteiger partial charge in [0.1, 0.15) is 5.39 Å². The van der Waals surface area contributed by atoms with Crippen LogP contribution in [0.4, 0.5) is 5.95 Å². The van der Waals surface area contributed by atoms with Gasteiger partial charge in [-0.1, -0.05) is 0 Å². The predicted octanol–water partition coefficient (Wildman–Crippen LogP) is 1.07. The molecule has 0 aliphatic carbocycles. The van der Waals surface area contributed by atoms with E-state index in [1.54, 1.807) is 17.9 Å². The molecule has 1 saturated heterocycles. The highest BCUT2D eigenvalue weighted by atomic mass is 16.1. The summed E-state index contributed by atoms with van der Waals surface area (Å²) in [5.41, 5.74) is 2.93. The largest absolute Gasteiger partial charge is 0.342 e. The Morgan fingerprint density at radius 3 is 2.74 bits per heavy atom. The van der Waals surface area contributed by atoms with Gasteiger partial charge in [0.25, 0.3) is 5.56 Å². The molecule has 8 nitrogen and oxygen atoms in total. The number of hydrogen-bond acceptors (Lipinski definition) is 5. The van der Waals surface area contributed by atoms with Crippen molar-refractivity contribution in [2.24, 2.45) is 7.05 Å². The number of piperidine rings is 1. The first kappa shape index (κ1) is 14.0. The monoisotopic (exact) mass is 313 g/mol. The van der Waals surface area contributed by atoms with E-state index in [0.717, 1.165) is 25.9 Å². The number of nitrogens with zero attached hydrogens (tertiary/aromatic N) is 5. The van der Waals surface area contributed by atoms with Crippen molar-refractivity contribution < 1.29 is 0 Å². The first-order valence-electron chi connectivity index (χ1n) is 7.80. The van der Waals surface area contributed by atoms with Gasteiger partial charge in [-0.2, -0.15) is 15.2 Å². The third-order valence-corrected chi connectivity index (χ3v) is 4.66. The molecule has 1 fully saturated rings. The van der Waals surface area contributed by atoms with Gasteiger partial charge in [0, 0.05) is 31.7 Å². The van der Waals surface area contributed by atoms with Crippen molar-refractivity contribution in [3.05, 3.63) is 34.0 Å². The van der Waals surface area contributed by atoms with Gasteiger partial charge in [0.05, 0.1) is 12.4 Å². The van der Waals surface area contributed by atoms with Gasteiger partial charge in [-0.05, 0) is 25.3 Å². The Bertz CT molecular complexity index is 898. The summed E-state index contributed by atoms with van der Waals surface area (Å²) in [6.45, 7) is 3.80. The van der Waals surface area contributed by atoms with Crippen molar-refractivity contribution in [3.8, 4) is 0 Å². The first-order valence-corrected chi connectivity index (χ1v) is 7.80. The van der Waals surface area contributed by atoms with Crippen LogP contribution in [0.3, 0.4) is 0 Å². The topological polar surface area (TPSA) is 95.5 Å².